The summed E-state index contributed by atoms with van der Waals surface area (Å²) in [5.74, 6) is -0.405. The highest BCUT2D eigenvalue weighted by molar-refractivity contribution is 7.14. The van der Waals surface area contributed by atoms with E-state index >= 15 is 0 Å². The summed E-state index contributed by atoms with van der Waals surface area (Å²) in [7, 11) is 1.33. The van der Waals surface area contributed by atoms with Crippen molar-refractivity contribution >= 4 is 28.1 Å². The van der Waals surface area contributed by atoms with Gasteiger partial charge in [-0.1, -0.05) is 12.1 Å². The number of nitrogens with one attached hydrogen (secondary N) is 1. The molecular formula is C24H20F3N3O2S. The second-order valence-corrected chi connectivity index (χ2v) is 8.22. The average molecular weight is 472 g/mol. The third-order valence-corrected chi connectivity index (χ3v) is 5.99. The fourth-order valence-corrected chi connectivity index (χ4v) is 4.42. The topological polar surface area (TPSA) is 56.1 Å². The van der Waals surface area contributed by atoms with E-state index in [1.165, 1.54) is 30.6 Å². The van der Waals surface area contributed by atoms with Gasteiger partial charge in [0.05, 0.1) is 29.6 Å². The van der Waals surface area contributed by atoms with Crippen molar-refractivity contribution < 1.29 is 22.7 Å². The van der Waals surface area contributed by atoms with Crippen molar-refractivity contribution in [3.8, 4) is 16.9 Å². The molecule has 0 unspecified atom stereocenters. The van der Waals surface area contributed by atoms with Crippen LogP contribution >= 0.6 is 11.3 Å². The molecule has 0 saturated carbocycles. The molecule has 0 atom stereocenters. The maximum atomic E-state index is 13.3. The lowest BCUT2D eigenvalue weighted by molar-refractivity contribution is -0.136. The highest BCUT2D eigenvalue weighted by atomic mass is 32.1. The largest absolute Gasteiger partial charge is 0.465 e. The molecule has 0 saturated heterocycles. The lowest BCUT2D eigenvalue weighted by Crippen LogP contribution is -2.08. The number of esters is 1. The maximum absolute atomic E-state index is 13.3. The van der Waals surface area contributed by atoms with Gasteiger partial charge in [0.25, 0.3) is 0 Å². The standard InChI is InChI=1S/C24H20F3N3O2S/c1-14-12-18(15(2)30(14)17-10-8-16(9-11-17)22(31)32-3)21-13-33-23(29-21)28-20-7-5-4-6-19(20)24(25,26)27/h4-13H,1-3H3,(H,28,29). The molecule has 9 heteroatoms. The summed E-state index contributed by atoms with van der Waals surface area (Å²) in [6.07, 6.45) is -4.46. The smallest absolute Gasteiger partial charge is 0.418 e. The molecule has 0 amide bonds. The summed E-state index contributed by atoms with van der Waals surface area (Å²) in [6, 6.07) is 14.4. The molecule has 2 aromatic carbocycles. The molecule has 0 spiro atoms. The van der Waals surface area contributed by atoms with E-state index in [2.05, 4.69) is 10.3 Å². The van der Waals surface area contributed by atoms with Crippen LogP contribution < -0.4 is 5.32 Å². The predicted molar refractivity (Wildman–Crippen MR) is 122 cm³/mol. The molecule has 4 rings (SSSR count). The SMILES string of the molecule is COC(=O)c1ccc(-n2c(C)cc(-c3csc(Nc4ccccc4C(F)(F)F)n3)c2C)cc1. The van der Waals surface area contributed by atoms with Gasteiger partial charge in [0.2, 0.25) is 0 Å². The number of thiazole rings is 1. The van der Waals surface area contributed by atoms with Crippen LogP contribution in [0.5, 0.6) is 0 Å². The Morgan fingerprint density at radius 3 is 2.45 bits per heavy atom. The molecule has 1 N–H and O–H groups in total. The van der Waals surface area contributed by atoms with E-state index in [1.54, 1.807) is 18.2 Å². The number of benzene rings is 2. The third-order valence-electron chi connectivity index (χ3n) is 5.23. The van der Waals surface area contributed by atoms with Gasteiger partial charge in [0, 0.05) is 28.0 Å². The van der Waals surface area contributed by atoms with Crippen LogP contribution in [0, 0.1) is 13.8 Å². The molecule has 0 fully saturated rings. The zero-order valence-corrected chi connectivity index (χ0v) is 18.8. The van der Waals surface area contributed by atoms with Gasteiger partial charge in [-0.2, -0.15) is 13.2 Å². The lowest BCUT2D eigenvalue weighted by Gasteiger charge is -2.12. The molecule has 0 bridgehead atoms. The molecule has 2 aromatic heterocycles. The molecule has 33 heavy (non-hydrogen) atoms. The van der Waals surface area contributed by atoms with Crippen molar-refractivity contribution in [1.29, 1.82) is 0 Å². The van der Waals surface area contributed by atoms with Crippen LogP contribution in [-0.2, 0) is 10.9 Å². The minimum absolute atomic E-state index is 0.0398. The van der Waals surface area contributed by atoms with Crippen LogP contribution in [0.1, 0.15) is 27.3 Å². The number of halogens is 3. The first-order valence-electron chi connectivity index (χ1n) is 9.96. The highest BCUT2D eigenvalue weighted by Crippen LogP contribution is 2.37. The van der Waals surface area contributed by atoms with Crippen LogP contribution in [0.15, 0.2) is 60.0 Å². The van der Waals surface area contributed by atoms with Gasteiger partial charge in [-0.25, -0.2) is 9.78 Å². The summed E-state index contributed by atoms with van der Waals surface area (Å²) >= 11 is 1.24. The predicted octanol–water partition coefficient (Wildman–Crippen LogP) is 6.77. The molecule has 2 heterocycles. The zero-order valence-electron chi connectivity index (χ0n) is 18.0. The summed E-state index contributed by atoms with van der Waals surface area (Å²) in [5.41, 5.74) is 3.96. The van der Waals surface area contributed by atoms with E-state index in [9.17, 15) is 18.0 Å². The zero-order chi connectivity index (χ0) is 23.8. The number of alkyl halides is 3. The van der Waals surface area contributed by atoms with Crippen molar-refractivity contribution in [2.24, 2.45) is 0 Å². The first-order chi connectivity index (χ1) is 15.7. The Morgan fingerprint density at radius 2 is 1.79 bits per heavy atom. The van der Waals surface area contributed by atoms with Crippen molar-refractivity contribution in [3.05, 3.63) is 82.5 Å². The van der Waals surface area contributed by atoms with Crippen molar-refractivity contribution in [1.82, 2.24) is 9.55 Å². The van der Waals surface area contributed by atoms with Gasteiger partial charge in [0.1, 0.15) is 0 Å². The van der Waals surface area contributed by atoms with Crippen LogP contribution in [0.4, 0.5) is 24.0 Å². The van der Waals surface area contributed by atoms with E-state index in [0.717, 1.165) is 28.7 Å². The molecule has 4 aromatic rings. The number of rotatable bonds is 5. The summed E-state index contributed by atoms with van der Waals surface area (Å²) in [5, 5.41) is 4.98. The Bertz CT molecular complexity index is 1310. The first-order valence-corrected chi connectivity index (χ1v) is 10.8. The minimum Gasteiger partial charge on any atom is -0.465 e. The van der Waals surface area contributed by atoms with Crippen molar-refractivity contribution in [2.45, 2.75) is 20.0 Å². The van der Waals surface area contributed by atoms with Gasteiger partial charge in [0.15, 0.2) is 5.13 Å². The van der Waals surface area contributed by atoms with Crippen molar-refractivity contribution in [2.75, 3.05) is 12.4 Å². The Balaban J connectivity index is 1.63. The molecule has 0 radical (unpaired) electrons. The van der Waals surface area contributed by atoms with E-state index in [1.807, 2.05) is 42.0 Å². The number of ether oxygens (including phenoxy) is 1. The number of carbonyl (C=O) groups is 1. The Morgan fingerprint density at radius 1 is 1.09 bits per heavy atom. The van der Waals surface area contributed by atoms with Crippen LogP contribution in [-0.4, -0.2) is 22.6 Å². The molecule has 170 valence electrons. The molecule has 5 nitrogen and oxygen atoms in total. The Hall–Kier alpha value is -3.59. The highest BCUT2D eigenvalue weighted by Gasteiger charge is 2.33. The van der Waals surface area contributed by atoms with Gasteiger partial charge in [-0.3, -0.25) is 0 Å². The second kappa shape index (κ2) is 8.74. The maximum Gasteiger partial charge on any atom is 0.418 e. The van der Waals surface area contributed by atoms with E-state index in [-0.39, 0.29) is 5.69 Å². The molecule has 0 aliphatic rings. The van der Waals surface area contributed by atoms with Gasteiger partial charge in [-0.15, -0.1) is 11.3 Å². The average Bonchev–Trinajstić information content (AvgIpc) is 3.36. The van der Waals surface area contributed by atoms with Crippen LogP contribution in [0.25, 0.3) is 16.9 Å². The Kier molecular flexibility index (Phi) is 5.99. The van der Waals surface area contributed by atoms with E-state index < -0.39 is 17.7 Å². The monoisotopic (exact) mass is 471 g/mol. The number of hydrogen-bond donors (Lipinski definition) is 1. The number of methoxy groups -OCH3 is 1. The molecule has 0 aliphatic carbocycles. The number of aryl methyl sites for hydroxylation is 1. The van der Waals surface area contributed by atoms with Gasteiger partial charge < -0.3 is 14.6 Å². The summed E-state index contributed by atoms with van der Waals surface area (Å²) in [4.78, 5) is 16.2. The molecule has 0 aliphatic heterocycles. The van der Waals surface area contributed by atoms with Crippen LogP contribution in [0.2, 0.25) is 0 Å². The second-order valence-electron chi connectivity index (χ2n) is 7.36. The minimum atomic E-state index is -4.46. The number of carbonyl (C=O) groups excluding carboxylic acids is 1. The summed E-state index contributed by atoms with van der Waals surface area (Å²) < 4.78 is 46.6. The fraction of sp³-hybridized carbons (Fsp3) is 0.167. The quantitative estimate of drug-likeness (QED) is 0.327. The lowest BCUT2D eigenvalue weighted by atomic mass is 10.1. The normalized spacial score (nSPS) is 11.5. The first kappa shape index (κ1) is 22.6. The number of aromatic nitrogens is 2. The molecular weight excluding hydrogens is 451 g/mol. The van der Waals surface area contributed by atoms with Crippen LogP contribution in [0.3, 0.4) is 0 Å². The van der Waals surface area contributed by atoms with Crippen molar-refractivity contribution in [3.63, 3.8) is 0 Å². The van der Waals surface area contributed by atoms with E-state index in [4.69, 9.17) is 4.74 Å². The number of hydrogen-bond acceptors (Lipinski definition) is 5. The number of anilines is 2. The van der Waals surface area contributed by atoms with E-state index in [0.29, 0.717) is 16.4 Å². The summed E-state index contributed by atoms with van der Waals surface area (Å²) in [6.45, 7) is 3.90. The fourth-order valence-electron chi connectivity index (χ4n) is 3.69. The van der Waals surface area contributed by atoms with Gasteiger partial charge in [-0.05, 0) is 56.3 Å². The number of para-hydroxylation sites is 1. The number of nitrogens with zero attached hydrogens (tertiary/aromatic N) is 2. The third kappa shape index (κ3) is 4.49. The van der Waals surface area contributed by atoms with Gasteiger partial charge >= 0.3 is 12.1 Å². The Labute approximate surface area is 192 Å².